The fraction of sp³-hybridized carbons (Fsp3) is 0.632. The Bertz CT molecular complexity index is 587. The second-order valence-corrected chi connectivity index (χ2v) is 7.43. The molecule has 24 heavy (non-hydrogen) atoms. The van der Waals surface area contributed by atoms with Crippen molar-refractivity contribution in [1.82, 2.24) is 4.90 Å². The normalized spacial score (nSPS) is 28.2. The lowest BCUT2D eigenvalue weighted by Gasteiger charge is -2.40. The summed E-state index contributed by atoms with van der Waals surface area (Å²) in [5, 5.41) is 10.3. The van der Waals surface area contributed by atoms with E-state index in [-0.39, 0.29) is 23.7 Å². The number of carbonyl (C=O) groups is 1. The lowest BCUT2D eigenvalue weighted by Crippen LogP contribution is -2.52. The molecule has 0 aromatic heterocycles. The van der Waals surface area contributed by atoms with Crippen LogP contribution >= 0.6 is 0 Å². The third kappa shape index (κ3) is 3.20. The smallest absolute Gasteiger partial charge is 0.232 e. The molecule has 3 atom stereocenters. The van der Waals surface area contributed by atoms with Gasteiger partial charge in [0.25, 0.3) is 0 Å². The van der Waals surface area contributed by atoms with Crippen LogP contribution in [0, 0.1) is 11.7 Å². The zero-order valence-electron chi connectivity index (χ0n) is 14.4. The van der Waals surface area contributed by atoms with Crippen LogP contribution in [0.3, 0.4) is 0 Å². The van der Waals surface area contributed by atoms with Crippen molar-refractivity contribution in [2.45, 2.75) is 50.7 Å². The van der Waals surface area contributed by atoms with E-state index in [1.165, 1.54) is 12.1 Å². The Kier molecular flexibility index (Phi) is 4.92. The summed E-state index contributed by atoms with van der Waals surface area (Å²) < 4.78 is 18.7. The molecule has 2 heterocycles. The fourth-order valence-electron chi connectivity index (χ4n) is 3.95. The van der Waals surface area contributed by atoms with Gasteiger partial charge in [-0.15, -0.1) is 0 Å². The first-order valence-electron chi connectivity index (χ1n) is 8.74. The van der Waals surface area contributed by atoms with Gasteiger partial charge in [-0.2, -0.15) is 0 Å². The Balaban J connectivity index is 1.80. The van der Waals surface area contributed by atoms with E-state index in [4.69, 9.17) is 4.74 Å². The first-order chi connectivity index (χ1) is 11.4. The van der Waals surface area contributed by atoms with Crippen LogP contribution in [0.4, 0.5) is 4.39 Å². The number of rotatable bonds is 3. The fourth-order valence-corrected chi connectivity index (χ4v) is 3.95. The number of hydrogen-bond donors (Lipinski definition) is 1. The number of ether oxygens (including phenoxy) is 1. The minimum absolute atomic E-state index is 0.0192. The number of halogens is 1. The SMILES string of the molecule is CC(C)(C(=O)N1CCC[C@@H]1[C@@H]1COCC[C@@H]1O)c1ccc(F)cc1. The molecular formula is C19H26FNO3. The van der Waals surface area contributed by atoms with Crippen molar-refractivity contribution < 1.29 is 19.0 Å². The van der Waals surface area contributed by atoms with Crippen LogP contribution in [0.2, 0.25) is 0 Å². The van der Waals surface area contributed by atoms with E-state index in [9.17, 15) is 14.3 Å². The molecular weight excluding hydrogens is 309 g/mol. The van der Waals surface area contributed by atoms with Crippen molar-refractivity contribution in [3.63, 3.8) is 0 Å². The van der Waals surface area contributed by atoms with Gasteiger partial charge in [-0.3, -0.25) is 4.79 Å². The van der Waals surface area contributed by atoms with Gasteiger partial charge >= 0.3 is 0 Å². The Labute approximate surface area is 142 Å². The number of likely N-dealkylation sites (tertiary alicyclic amines) is 1. The van der Waals surface area contributed by atoms with Crippen LogP contribution in [0.15, 0.2) is 24.3 Å². The average molecular weight is 335 g/mol. The predicted octanol–water partition coefficient (Wildman–Crippen LogP) is 2.49. The molecule has 4 nitrogen and oxygen atoms in total. The molecule has 1 N–H and O–H groups in total. The summed E-state index contributed by atoms with van der Waals surface area (Å²) in [4.78, 5) is 15.1. The molecule has 0 aliphatic carbocycles. The molecule has 2 aliphatic rings. The summed E-state index contributed by atoms with van der Waals surface area (Å²) in [5.74, 6) is -0.285. The number of aliphatic hydroxyl groups is 1. The highest BCUT2D eigenvalue weighted by Gasteiger charge is 2.43. The second-order valence-electron chi connectivity index (χ2n) is 7.43. The highest BCUT2D eigenvalue weighted by Crippen LogP contribution is 2.34. The van der Waals surface area contributed by atoms with Gasteiger partial charge in [-0.05, 0) is 50.8 Å². The van der Waals surface area contributed by atoms with Gasteiger partial charge in [0, 0.05) is 25.1 Å². The molecule has 1 aromatic rings. The van der Waals surface area contributed by atoms with E-state index < -0.39 is 11.5 Å². The summed E-state index contributed by atoms with van der Waals surface area (Å²) in [6, 6.07) is 6.16. The number of amides is 1. The van der Waals surface area contributed by atoms with Crippen LogP contribution in [-0.2, 0) is 14.9 Å². The summed E-state index contributed by atoms with van der Waals surface area (Å²) in [6.45, 7) is 5.56. The van der Waals surface area contributed by atoms with Gasteiger partial charge in [0.2, 0.25) is 5.91 Å². The van der Waals surface area contributed by atoms with Crippen LogP contribution in [-0.4, -0.2) is 47.8 Å². The van der Waals surface area contributed by atoms with E-state index in [2.05, 4.69) is 0 Å². The quantitative estimate of drug-likeness (QED) is 0.923. The molecule has 132 valence electrons. The zero-order chi connectivity index (χ0) is 17.3. The molecule has 2 saturated heterocycles. The van der Waals surface area contributed by atoms with E-state index >= 15 is 0 Å². The lowest BCUT2D eigenvalue weighted by molar-refractivity contribution is -0.141. The number of nitrogens with zero attached hydrogens (tertiary/aromatic N) is 1. The highest BCUT2D eigenvalue weighted by molar-refractivity contribution is 5.88. The molecule has 0 spiro atoms. The number of carbonyl (C=O) groups excluding carboxylic acids is 1. The largest absolute Gasteiger partial charge is 0.393 e. The van der Waals surface area contributed by atoms with E-state index in [1.807, 2.05) is 18.7 Å². The van der Waals surface area contributed by atoms with Crippen LogP contribution in [0.1, 0.15) is 38.7 Å². The van der Waals surface area contributed by atoms with Gasteiger partial charge < -0.3 is 14.7 Å². The van der Waals surface area contributed by atoms with Gasteiger partial charge in [0.05, 0.1) is 18.1 Å². The number of aliphatic hydroxyl groups excluding tert-OH is 1. The molecule has 0 bridgehead atoms. The molecule has 3 rings (SSSR count). The third-order valence-corrected chi connectivity index (χ3v) is 5.52. The topological polar surface area (TPSA) is 49.8 Å². The first-order valence-corrected chi connectivity index (χ1v) is 8.74. The van der Waals surface area contributed by atoms with Crippen molar-refractivity contribution >= 4 is 5.91 Å². The predicted molar refractivity (Wildman–Crippen MR) is 89.1 cm³/mol. The lowest BCUT2D eigenvalue weighted by atomic mass is 9.82. The first kappa shape index (κ1) is 17.4. The summed E-state index contributed by atoms with van der Waals surface area (Å²) >= 11 is 0. The van der Waals surface area contributed by atoms with Crippen molar-refractivity contribution in [2.24, 2.45) is 5.92 Å². The summed E-state index contributed by atoms with van der Waals surface area (Å²) in [6.07, 6.45) is 2.06. The molecule has 5 heteroatoms. The maximum absolute atomic E-state index is 13.2. The van der Waals surface area contributed by atoms with Crippen molar-refractivity contribution in [3.8, 4) is 0 Å². The Morgan fingerprint density at radius 1 is 1.29 bits per heavy atom. The van der Waals surface area contributed by atoms with Crippen LogP contribution in [0.25, 0.3) is 0 Å². The Morgan fingerprint density at radius 3 is 2.67 bits per heavy atom. The van der Waals surface area contributed by atoms with Crippen molar-refractivity contribution in [2.75, 3.05) is 19.8 Å². The van der Waals surface area contributed by atoms with Gasteiger partial charge in [-0.1, -0.05) is 12.1 Å². The van der Waals surface area contributed by atoms with E-state index in [0.29, 0.717) is 26.2 Å². The Hall–Kier alpha value is -1.46. The molecule has 0 saturated carbocycles. The minimum atomic E-state index is -0.725. The monoisotopic (exact) mass is 335 g/mol. The van der Waals surface area contributed by atoms with Crippen molar-refractivity contribution in [3.05, 3.63) is 35.6 Å². The minimum Gasteiger partial charge on any atom is -0.393 e. The van der Waals surface area contributed by atoms with Gasteiger partial charge in [-0.25, -0.2) is 4.39 Å². The van der Waals surface area contributed by atoms with Crippen molar-refractivity contribution in [1.29, 1.82) is 0 Å². The summed E-state index contributed by atoms with van der Waals surface area (Å²) in [7, 11) is 0. The highest BCUT2D eigenvalue weighted by atomic mass is 19.1. The van der Waals surface area contributed by atoms with E-state index in [0.717, 1.165) is 18.4 Å². The molecule has 1 amide bonds. The zero-order valence-corrected chi connectivity index (χ0v) is 14.4. The Morgan fingerprint density at radius 2 is 2.00 bits per heavy atom. The average Bonchev–Trinajstić information content (AvgIpc) is 3.04. The molecule has 2 aliphatic heterocycles. The standard InChI is InChI=1S/C19H26FNO3/c1-19(2,13-5-7-14(20)8-6-13)18(23)21-10-3-4-16(21)15-12-24-11-9-17(15)22/h5-8,15-17,22H,3-4,9-12H2,1-2H3/t15-,16+,17-/m0/s1. The number of hydrogen-bond acceptors (Lipinski definition) is 3. The second kappa shape index (κ2) is 6.81. The van der Waals surface area contributed by atoms with Crippen LogP contribution < -0.4 is 0 Å². The summed E-state index contributed by atoms with van der Waals surface area (Å²) in [5.41, 5.74) is 0.0801. The van der Waals surface area contributed by atoms with Crippen LogP contribution in [0.5, 0.6) is 0 Å². The maximum Gasteiger partial charge on any atom is 0.232 e. The number of benzene rings is 1. The molecule has 1 aromatic carbocycles. The molecule has 0 radical (unpaired) electrons. The van der Waals surface area contributed by atoms with Gasteiger partial charge in [0.15, 0.2) is 0 Å². The molecule has 2 fully saturated rings. The third-order valence-electron chi connectivity index (χ3n) is 5.52. The maximum atomic E-state index is 13.2. The molecule has 0 unspecified atom stereocenters. The van der Waals surface area contributed by atoms with E-state index in [1.54, 1.807) is 12.1 Å². The van der Waals surface area contributed by atoms with Gasteiger partial charge in [0.1, 0.15) is 5.82 Å².